The number of carbonyl (C=O) groups excluding carboxylic acids is 1. The maximum atomic E-state index is 11.9. The molecule has 1 aliphatic rings. The van der Waals surface area contributed by atoms with Crippen molar-refractivity contribution in [1.29, 1.82) is 0 Å². The van der Waals surface area contributed by atoms with Crippen LogP contribution >= 0.6 is 0 Å². The van der Waals surface area contributed by atoms with Gasteiger partial charge in [-0.15, -0.1) is 0 Å². The van der Waals surface area contributed by atoms with Gasteiger partial charge in [-0.25, -0.2) is 4.98 Å². The van der Waals surface area contributed by atoms with Gasteiger partial charge in [-0.2, -0.15) is 0 Å². The van der Waals surface area contributed by atoms with Gasteiger partial charge < -0.3 is 11.5 Å². The lowest BCUT2D eigenvalue weighted by atomic mass is 9.72. The number of benzene rings is 2. The summed E-state index contributed by atoms with van der Waals surface area (Å²) >= 11 is 0. The zero-order chi connectivity index (χ0) is 20.9. The van der Waals surface area contributed by atoms with Crippen LogP contribution < -0.4 is 11.5 Å². The summed E-state index contributed by atoms with van der Waals surface area (Å²) < 4.78 is 1.98. The number of nitrogens with zero attached hydrogens (tertiary/aromatic N) is 2. The van der Waals surface area contributed by atoms with E-state index in [4.69, 9.17) is 16.5 Å². The number of fused-ring (bicyclic) bond motifs is 1. The fourth-order valence-corrected chi connectivity index (χ4v) is 4.32. The van der Waals surface area contributed by atoms with Crippen molar-refractivity contribution in [3.05, 3.63) is 83.6 Å². The first kappa shape index (κ1) is 18.6. The molecule has 0 radical (unpaired) electrons. The van der Waals surface area contributed by atoms with Gasteiger partial charge in [0.1, 0.15) is 5.65 Å². The number of carbonyl (C=O) groups is 1. The van der Waals surface area contributed by atoms with Crippen molar-refractivity contribution >= 4 is 11.6 Å². The highest BCUT2D eigenvalue weighted by molar-refractivity contribution is 5.94. The Morgan fingerprint density at radius 2 is 1.73 bits per heavy atom. The second kappa shape index (κ2) is 6.82. The van der Waals surface area contributed by atoms with Crippen molar-refractivity contribution in [3.8, 4) is 22.5 Å². The minimum atomic E-state index is -0.452. The lowest BCUT2D eigenvalue weighted by Gasteiger charge is -2.38. The number of nitrogens with two attached hydrogens (primary N) is 2. The second-order valence-corrected chi connectivity index (χ2v) is 8.23. The summed E-state index contributed by atoms with van der Waals surface area (Å²) in [7, 11) is 0. The molecular formula is C25H24N4O. The van der Waals surface area contributed by atoms with Crippen LogP contribution in [-0.2, 0) is 5.54 Å². The summed E-state index contributed by atoms with van der Waals surface area (Å²) in [5.74, 6) is -0.452. The molecule has 2 heterocycles. The van der Waals surface area contributed by atoms with E-state index >= 15 is 0 Å². The molecule has 0 unspecified atom stereocenters. The summed E-state index contributed by atoms with van der Waals surface area (Å²) in [6, 6.07) is 20.3. The van der Waals surface area contributed by atoms with Gasteiger partial charge in [0.25, 0.3) is 0 Å². The highest BCUT2D eigenvalue weighted by atomic mass is 16.1. The molecule has 5 rings (SSSR count). The van der Waals surface area contributed by atoms with E-state index in [0.717, 1.165) is 46.6 Å². The smallest absolute Gasteiger partial charge is 0.250 e. The zero-order valence-electron chi connectivity index (χ0n) is 16.9. The molecule has 150 valence electrons. The fraction of sp³-hybridized carbons (Fsp3) is 0.200. The minimum Gasteiger partial charge on any atom is -0.366 e. The molecule has 1 amide bonds. The van der Waals surface area contributed by atoms with Crippen LogP contribution in [-0.4, -0.2) is 15.3 Å². The molecule has 0 aliphatic heterocycles. The van der Waals surface area contributed by atoms with E-state index in [2.05, 4.69) is 36.4 Å². The van der Waals surface area contributed by atoms with Gasteiger partial charge in [0.15, 0.2) is 0 Å². The summed E-state index contributed by atoms with van der Waals surface area (Å²) in [6.07, 6.45) is 5.03. The molecule has 0 bridgehead atoms. The van der Waals surface area contributed by atoms with Crippen molar-refractivity contribution < 1.29 is 4.79 Å². The van der Waals surface area contributed by atoms with E-state index in [0.29, 0.717) is 5.56 Å². The molecule has 4 N–H and O–H groups in total. The molecule has 0 atom stereocenters. The zero-order valence-corrected chi connectivity index (χ0v) is 16.9. The number of amides is 1. The van der Waals surface area contributed by atoms with Crippen LogP contribution in [0.25, 0.3) is 28.2 Å². The first-order valence-corrected chi connectivity index (χ1v) is 10.2. The Bertz CT molecular complexity index is 1250. The number of imidazole rings is 1. The summed E-state index contributed by atoms with van der Waals surface area (Å²) in [5.41, 5.74) is 19.1. The van der Waals surface area contributed by atoms with Crippen LogP contribution in [0.3, 0.4) is 0 Å². The van der Waals surface area contributed by atoms with Gasteiger partial charge in [0.2, 0.25) is 5.91 Å². The average molecular weight is 396 g/mol. The number of hydrogen-bond donors (Lipinski definition) is 2. The number of pyridine rings is 1. The number of hydrogen-bond acceptors (Lipinski definition) is 3. The molecule has 1 fully saturated rings. The Morgan fingerprint density at radius 3 is 2.33 bits per heavy atom. The molecule has 5 heteroatoms. The van der Waals surface area contributed by atoms with Crippen molar-refractivity contribution in [3.63, 3.8) is 0 Å². The molecule has 5 nitrogen and oxygen atoms in total. The Balaban J connectivity index is 1.73. The molecule has 0 spiro atoms. The lowest BCUT2D eigenvalue weighted by molar-refractivity contribution is 0.1000. The maximum Gasteiger partial charge on any atom is 0.250 e. The van der Waals surface area contributed by atoms with Gasteiger partial charge >= 0.3 is 0 Å². The number of primary amides is 1. The average Bonchev–Trinajstić information content (AvgIpc) is 3.13. The molecular weight excluding hydrogens is 372 g/mol. The van der Waals surface area contributed by atoms with E-state index < -0.39 is 5.91 Å². The first-order chi connectivity index (χ1) is 14.5. The van der Waals surface area contributed by atoms with Gasteiger partial charge in [-0.1, -0.05) is 54.6 Å². The van der Waals surface area contributed by atoms with Gasteiger partial charge in [-0.3, -0.25) is 9.20 Å². The fourth-order valence-electron chi connectivity index (χ4n) is 4.32. The summed E-state index contributed by atoms with van der Waals surface area (Å²) in [6.45, 7) is 1.95. The first-order valence-electron chi connectivity index (χ1n) is 10.2. The Kier molecular flexibility index (Phi) is 4.22. The Labute approximate surface area is 175 Å². The van der Waals surface area contributed by atoms with Gasteiger partial charge in [-0.05, 0) is 43.4 Å². The molecule has 0 saturated heterocycles. The SMILES string of the molecule is Cc1cc(C(N)=O)cn2c(-c3ccccc3)c(-c3ccc(C4(N)CCC4)cc3)nc12. The molecule has 1 aliphatic carbocycles. The third kappa shape index (κ3) is 2.90. The predicted molar refractivity (Wildman–Crippen MR) is 119 cm³/mol. The van der Waals surface area contributed by atoms with E-state index in [1.165, 1.54) is 12.0 Å². The topological polar surface area (TPSA) is 86.4 Å². The van der Waals surface area contributed by atoms with E-state index in [9.17, 15) is 4.79 Å². The van der Waals surface area contributed by atoms with Crippen LogP contribution in [0.1, 0.15) is 40.7 Å². The van der Waals surface area contributed by atoms with Crippen LogP contribution in [0.4, 0.5) is 0 Å². The Morgan fingerprint density at radius 1 is 1.03 bits per heavy atom. The standard InChI is InChI=1S/C25H24N4O/c1-16-14-19(23(26)30)15-29-22(18-6-3-2-4-7-18)21(28-24(16)29)17-8-10-20(11-9-17)25(27)12-5-13-25/h2-4,6-11,14-15H,5,12-13,27H2,1H3,(H2,26,30). The monoisotopic (exact) mass is 396 g/mol. The minimum absolute atomic E-state index is 0.188. The number of aromatic nitrogens is 2. The normalized spacial score (nSPS) is 15.1. The quantitative estimate of drug-likeness (QED) is 0.535. The van der Waals surface area contributed by atoms with Crippen LogP contribution in [0.2, 0.25) is 0 Å². The largest absolute Gasteiger partial charge is 0.366 e. The van der Waals surface area contributed by atoms with Crippen LogP contribution in [0.5, 0.6) is 0 Å². The molecule has 30 heavy (non-hydrogen) atoms. The third-order valence-electron chi connectivity index (χ3n) is 6.21. The van der Waals surface area contributed by atoms with E-state index in [1.807, 2.05) is 29.5 Å². The van der Waals surface area contributed by atoms with E-state index in [1.54, 1.807) is 12.3 Å². The summed E-state index contributed by atoms with van der Waals surface area (Å²) in [5, 5.41) is 0. The number of rotatable bonds is 4. The van der Waals surface area contributed by atoms with Gasteiger partial charge in [0.05, 0.1) is 17.0 Å². The molecule has 2 aromatic carbocycles. The lowest BCUT2D eigenvalue weighted by Crippen LogP contribution is -2.43. The third-order valence-corrected chi connectivity index (χ3v) is 6.21. The Hall–Kier alpha value is -3.44. The van der Waals surface area contributed by atoms with Crippen molar-refractivity contribution in [1.82, 2.24) is 9.38 Å². The highest BCUT2D eigenvalue weighted by Crippen LogP contribution is 2.40. The highest BCUT2D eigenvalue weighted by Gasteiger charge is 2.34. The van der Waals surface area contributed by atoms with Crippen LogP contribution in [0.15, 0.2) is 66.9 Å². The molecule has 2 aromatic heterocycles. The van der Waals surface area contributed by atoms with Crippen molar-refractivity contribution in [2.24, 2.45) is 11.5 Å². The number of aryl methyl sites for hydroxylation is 1. The molecule has 4 aromatic rings. The summed E-state index contributed by atoms with van der Waals surface area (Å²) in [4.78, 5) is 16.8. The molecule has 1 saturated carbocycles. The van der Waals surface area contributed by atoms with Crippen molar-refractivity contribution in [2.45, 2.75) is 31.7 Å². The van der Waals surface area contributed by atoms with Gasteiger partial charge in [0, 0.05) is 22.9 Å². The predicted octanol–water partition coefficient (Wildman–Crippen LogP) is 4.41. The maximum absolute atomic E-state index is 11.9. The van der Waals surface area contributed by atoms with Crippen molar-refractivity contribution in [2.75, 3.05) is 0 Å². The van der Waals surface area contributed by atoms with E-state index in [-0.39, 0.29) is 5.54 Å². The second-order valence-electron chi connectivity index (χ2n) is 8.23. The van der Waals surface area contributed by atoms with Crippen LogP contribution in [0, 0.1) is 6.92 Å².